The second kappa shape index (κ2) is 16.3. The molecule has 0 radical (unpaired) electrons. The molecule has 0 amide bonds. The van der Waals surface area contributed by atoms with Crippen molar-refractivity contribution in [2.24, 2.45) is 46.3 Å². The third kappa shape index (κ3) is 6.99. The number of aliphatic hydroxyl groups is 9. The Hall–Kier alpha value is -0.680. The molecule has 60 heavy (non-hydrogen) atoms. The summed E-state index contributed by atoms with van der Waals surface area (Å²) in [5.41, 5.74) is -1.15. The molecule has 1 spiro atoms. The predicted molar refractivity (Wildman–Crippen MR) is 205 cm³/mol. The fourth-order valence-electron chi connectivity index (χ4n) is 14.0. The van der Waals surface area contributed by atoms with Crippen LogP contribution in [0.4, 0.5) is 0 Å². The van der Waals surface area contributed by atoms with Crippen molar-refractivity contribution in [1.29, 1.82) is 0 Å². The van der Waals surface area contributed by atoms with Gasteiger partial charge in [0, 0.05) is 17.8 Å². The second-order valence-electron chi connectivity index (χ2n) is 20.8. The van der Waals surface area contributed by atoms with Crippen molar-refractivity contribution < 1.29 is 83.9 Å². The number of hydrogen-bond acceptors (Lipinski definition) is 17. The Balaban J connectivity index is 0.863. The Morgan fingerprint density at radius 2 is 1.33 bits per heavy atom. The van der Waals surface area contributed by atoms with Crippen LogP contribution in [-0.2, 0) is 37.9 Å². The topological polar surface area (TPSA) is 256 Å². The van der Waals surface area contributed by atoms with Crippen molar-refractivity contribution >= 4 is 0 Å². The maximum Gasteiger partial charge on any atom is 0.186 e. The maximum absolute atomic E-state index is 12.8. The molecule has 344 valence electrons. The normalized spacial score (nSPS) is 59.2. The highest BCUT2D eigenvalue weighted by atomic mass is 16.8. The molecular formula is C43H70O17. The minimum absolute atomic E-state index is 0.0551. The van der Waals surface area contributed by atoms with Gasteiger partial charge in [-0.15, -0.1) is 0 Å². The van der Waals surface area contributed by atoms with E-state index in [-0.39, 0.29) is 42.2 Å². The van der Waals surface area contributed by atoms with Crippen molar-refractivity contribution in [2.75, 3.05) is 26.4 Å². The molecule has 4 saturated carbocycles. The summed E-state index contributed by atoms with van der Waals surface area (Å²) in [5, 5.41) is 97.2. The molecular weight excluding hydrogens is 788 g/mol. The van der Waals surface area contributed by atoms with Crippen molar-refractivity contribution in [3.63, 3.8) is 0 Å². The Labute approximate surface area is 351 Å². The molecule has 5 aliphatic heterocycles. The summed E-state index contributed by atoms with van der Waals surface area (Å²) in [4.78, 5) is 0. The first-order chi connectivity index (χ1) is 28.4. The van der Waals surface area contributed by atoms with Crippen LogP contribution in [0.25, 0.3) is 0 Å². The molecule has 5 heterocycles. The monoisotopic (exact) mass is 858 g/mol. The molecule has 0 unspecified atom stereocenters. The van der Waals surface area contributed by atoms with Gasteiger partial charge in [0.2, 0.25) is 0 Å². The molecule has 25 atom stereocenters. The SMILES string of the molecule is C[C@@H]1CC[C@@]2(OC1)O[C@H]1C[C@H]3[C@@H]4CC[C@H]5C[C@@H](O[C@@H]6O[C@H](CO[C@@H]7OC[C@H](O)[C@H](O)[C@H]7O)[C@@H](O[C@@H]7OC[C@@H](O)[C@H](O)[C@H]7O)[C@H](O)[C@H]6O)CC[C@]5(C)[C@H]4CC[C@]3(C)[C@@]1(O)[C@@H]2C. The fraction of sp³-hybridized carbons (Fsp3) is 1.00. The Kier molecular flexibility index (Phi) is 12.1. The molecule has 9 N–H and O–H groups in total. The zero-order chi connectivity index (χ0) is 42.7. The standard InChI is InChI=1S/C43H70O17/c1-19-7-12-42(56-15-19)20(2)43(52)29(60-42)14-25-23-6-5-21-13-22(8-10-40(21,3)24(23)9-11-41(25,43)4)57-39-35(51)32(48)36(59-38-34(50)31(47)27(45)17-54-38)28(58-39)18-55-37-33(49)30(46)26(44)16-53-37/h19-39,44-52H,5-18H2,1-4H3/t19-,20-,21+,22+,23-,24+,25+,26+,27-,28-,29+,30+,31+,32-,33-,34-,35-,36-,37+,38+,39-,40+,41+,42-,43-/m1/s1. The molecule has 17 nitrogen and oxygen atoms in total. The van der Waals surface area contributed by atoms with Crippen LogP contribution in [-0.4, -0.2) is 176 Å². The number of hydrogen-bond donors (Lipinski definition) is 9. The number of fused-ring (bicyclic) bond motifs is 7. The summed E-state index contributed by atoms with van der Waals surface area (Å²) in [6.07, 6.45) is -10.6. The van der Waals surface area contributed by atoms with Crippen LogP contribution in [0, 0.1) is 46.3 Å². The van der Waals surface area contributed by atoms with Crippen LogP contribution in [0.1, 0.15) is 91.9 Å². The van der Waals surface area contributed by atoms with E-state index in [2.05, 4.69) is 27.7 Å². The van der Waals surface area contributed by atoms with Gasteiger partial charge in [0.25, 0.3) is 0 Å². The summed E-state index contributed by atoms with van der Waals surface area (Å²) >= 11 is 0. The van der Waals surface area contributed by atoms with Crippen molar-refractivity contribution in [3.05, 3.63) is 0 Å². The Morgan fingerprint density at radius 3 is 2.03 bits per heavy atom. The summed E-state index contributed by atoms with van der Waals surface area (Å²) in [5.74, 6) is 1.33. The lowest BCUT2D eigenvalue weighted by Gasteiger charge is -2.62. The Morgan fingerprint density at radius 1 is 0.650 bits per heavy atom. The predicted octanol–water partition coefficient (Wildman–Crippen LogP) is -0.340. The molecule has 9 aliphatic rings. The Bertz CT molecular complexity index is 1520. The van der Waals surface area contributed by atoms with Gasteiger partial charge in [-0.05, 0) is 92.8 Å². The lowest BCUT2D eigenvalue weighted by atomic mass is 9.44. The molecule has 9 rings (SSSR count). The van der Waals surface area contributed by atoms with Crippen molar-refractivity contribution in [3.8, 4) is 0 Å². The molecule has 4 aliphatic carbocycles. The molecule has 9 fully saturated rings. The number of rotatable bonds is 7. The zero-order valence-electron chi connectivity index (χ0n) is 35.3. The van der Waals surface area contributed by atoms with Gasteiger partial charge < -0.3 is 83.9 Å². The minimum atomic E-state index is -1.69. The number of aliphatic hydroxyl groups excluding tert-OH is 8. The van der Waals surface area contributed by atoms with E-state index in [4.69, 9.17) is 37.9 Å². The smallest absolute Gasteiger partial charge is 0.186 e. The van der Waals surface area contributed by atoms with E-state index in [0.29, 0.717) is 42.6 Å². The third-order valence-electron chi connectivity index (χ3n) is 17.7. The zero-order valence-corrected chi connectivity index (χ0v) is 35.3. The van der Waals surface area contributed by atoms with E-state index in [9.17, 15) is 46.0 Å². The quantitative estimate of drug-likeness (QED) is 0.149. The lowest BCUT2D eigenvalue weighted by Crippen LogP contribution is -2.64. The first-order valence-corrected chi connectivity index (χ1v) is 22.7. The van der Waals surface area contributed by atoms with E-state index in [1.54, 1.807) is 0 Å². The molecule has 5 saturated heterocycles. The summed E-state index contributed by atoms with van der Waals surface area (Å²) in [6, 6.07) is 0. The van der Waals surface area contributed by atoms with Crippen molar-refractivity contribution in [2.45, 2.75) is 195 Å². The van der Waals surface area contributed by atoms with Gasteiger partial charge in [-0.25, -0.2) is 0 Å². The van der Waals surface area contributed by atoms with Crippen LogP contribution in [0.5, 0.6) is 0 Å². The second-order valence-corrected chi connectivity index (χ2v) is 20.8. The van der Waals surface area contributed by atoms with Gasteiger partial charge >= 0.3 is 0 Å². The first kappa shape index (κ1) is 44.5. The van der Waals surface area contributed by atoms with Crippen LogP contribution >= 0.6 is 0 Å². The van der Waals surface area contributed by atoms with Gasteiger partial charge in [-0.1, -0.05) is 27.7 Å². The van der Waals surface area contributed by atoms with Crippen molar-refractivity contribution in [1.82, 2.24) is 0 Å². The van der Waals surface area contributed by atoms with E-state index in [1.807, 2.05) is 0 Å². The highest BCUT2D eigenvalue weighted by Crippen LogP contribution is 2.72. The van der Waals surface area contributed by atoms with E-state index in [1.165, 1.54) is 0 Å². The van der Waals surface area contributed by atoms with Gasteiger partial charge in [0.15, 0.2) is 24.7 Å². The van der Waals surface area contributed by atoms with Crippen LogP contribution in [0.3, 0.4) is 0 Å². The van der Waals surface area contributed by atoms with Gasteiger partial charge in [-0.3, -0.25) is 0 Å². The van der Waals surface area contributed by atoms with Crippen LogP contribution in [0.2, 0.25) is 0 Å². The molecule has 0 aromatic rings. The minimum Gasteiger partial charge on any atom is -0.388 e. The molecule has 0 aromatic carbocycles. The summed E-state index contributed by atoms with van der Waals surface area (Å²) < 4.78 is 48.6. The summed E-state index contributed by atoms with van der Waals surface area (Å²) in [7, 11) is 0. The highest BCUT2D eigenvalue weighted by Gasteiger charge is 2.76. The molecule has 0 bridgehead atoms. The average molecular weight is 859 g/mol. The summed E-state index contributed by atoms with van der Waals surface area (Å²) in [6.45, 7) is 8.71. The largest absolute Gasteiger partial charge is 0.388 e. The van der Waals surface area contributed by atoms with Gasteiger partial charge in [0.05, 0.1) is 38.6 Å². The fourth-order valence-corrected chi connectivity index (χ4v) is 14.0. The third-order valence-corrected chi connectivity index (χ3v) is 17.7. The lowest BCUT2D eigenvalue weighted by molar-refractivity contribution is -0.362. The number of ether oxygens (including phenoxy) is 8. The van der Waals surface area contributed by atoms with Crippen LogP contribution < -0.4 is 0 Å². The van der Waals surface area contributed by atoms with Gasteiger partial charge in [-0.2, -0.15) is 0 Å². The maximum atomic E-state index is 12.8. The van der Waals surface area contributed by atoms with Gasteiger partial charge in [0.1, 0.15) is 66.6 Å². The average Bonchev–Trinajstić information content (AvgIpc) is 3.58. The molecule has 17 heteroatoms. The van der Waals surface area contributed by atoms with E-state index >= 15 is 0 Å². The molecule has 0 aromatic heterocycles. The first-order valence-electron chi connectivity index (χ1n) is 22.7. The van der Waals surface area contributed by atoms with E-state index in [0.717, 1.165) is 57.8 Å². The highest BCUT2D eigenvalue weighted by molar-refractivity contribution is 5.23. The van der Waals surface area contributed by atoms with Crippen LogP contribution in [0.15, 0.2) is 0 Å². The van der Waals surface area contributed by atoms with E-state index < -0.39 is 97.9 Å².